The Morgan fingerprint density at radius 2 is 1.62 bits per heavy atom. The van der Waals surface area contributed by atoms with Gasteiger partial charge < -0.3 is 9.47 Å². The fourth-order valence-electron chi connectivity index (χ4n) is 1.91. The van der Waals surface area contributed by atoms with Crippen molar-refractivity contribution >= 4 is 28.0 Å². The normalized spacial score (nSPS) is 12.1. The van der Waals surface area contributed by atoms with Crippen LogP contribution in [0.5, 0.6) is 0 Å². The lowest BCUT2D eigenvalue weighted by Gasteiger charge is -2.27. The van der Waals surface area contributed by atoms with Gasteiger partial charge in [-0.3, -0.25) is 9.56 Å². The summed E-state index contributed by atoms with van der Waals surface area (Å²) < 4.78 is 48.9. The van der Waals surface area contributed by atoms with Crippen LogP contribution in [0.3, 0.4) is 0 Å². The maximum atomic E-state index is 14.2. The SMILES string of the molecule is CC(C)(C)OC(=O)ON(Cc1ccc(NS(C)(=O)=O)c(F)c1)C(=O)OC(C)(C)C. The average Bonchev–Trinajstić information content (AvgIpc) is 2.44. The van der Waals surface area contributed by atoms with Crippen molar-refractivity contribution in [1.82, 2.24) is 5.06 Å². The molecule has 1 aromatic rings. The molecule has 0 radical (unpaired) electrons. The van der Waals surface area contributed by atoms with Gasteiger partial charge in [-0.15, -0.1) is 5.06 Å². The zero-order chi connectivity index (χ0) is 22.6. The van der Waals surface area contributed by atoms with Gasteiger partial charge in [0.05, 0.1) is 18.5 Å². The van der Waals surface area contributed by atoms with Crippen molar-refractivity contribution < 1.29 is 36.7 Å². The van der Waals surface area contributed by atoms with Gasteiger partial charge in [-0.2, -0.15) is 0 Å². The van der Waals surface area contributed by atoms with Gasteiger partial charge in [0, 0.05) is 0 Å². The van der Waals surface area contributed by atoms with E-state index in [4.69, 9.17) is 14.3 Å². The third kappa shape index (κ3) is 9.97. The molecule has 1 amide bonds. The predicted octanol–water partition coefficient (Wildman–Crippen LogP) is 3.80. The Labute approximate surface area is 170 Å². The van der Waals surface area contributed by atoms with Crippen LogP contribution >= 0.6 is 0 Å². The number of hydrogen-bond acceptors (Lipinski definition) is 7. The number of hydrogen-bond donors (Lipinski definition) is 1. The number of sulfonamides is 1. The molecule has 0 atom stereocenters. The summed E-state index contributed by atoms with van der Waals surface area (Å²) in [5.74, 6) is -0.866. The van der Waals surface area contributed by atoms with E-state index in [2.05, 4.69) is 0 Å². The molecule has 0 aliphatic rings. The van der Waals surface area contributed by atoms with Crippen molar-refractivity contribution in [2.24, 2.45) is 0 Å². The fraction of sp³-hybridized carbons (Fsp3) is 0.556. The minimum Gasteiger partial charge on any atom is -0.442 e. The molecule has 1 aromatic carbocycles. The van der Waals surface area contributed by atoms with E-state index in [-0.39, 0.29) is 17.8 Å². The highest BCUT2D eigenvalue weighted by atomic mass is 32.2. The van der Waals surface area contributed by atoms with E-state index in [0.29, 0.717) is 5.06 Å². The van der Waals surface area contributed by atoms with Gasteiger partial charge in [-0.1, -0.05) is 6.07 Å². The molecule has 0 unspecified atom stereocenters. The quantitative estimate of drug-likeness (QED) is 0.567. The van der Waals surface area contributed by atoms with E-state index in [9.17, 15) is 22.4 Å². The van der Waals surface area contributed by atoms with Crippen molar-refractivity contribution in [3.63, 3.8) is 0 Å². The summed E-state index contributed by atoms with van der Waals surface area (Å²) >= 11 is 0. The lowest BCUT2D eigenvalue weighted by Crippen LogP contribution is -2.39. The maximum Gasteiger partial charge on any atom is 0.534 e. The average molecular weight is 434 g/mol. The summed E-state index contributed by atoms with van der Waals surface area (Å²) in [5.41, 5.74) is -1.77. The molecule has 0 bridgehead atoms. The van der Waals surface area contributed by atoms with Crippen molar-refractivity contribution in [2.45, 2.75) is 59.3 Å². The number of rotatable bonds is 4. The zero-order valence-electron chi connectivity index (χ0n) is 17.5. The minimum atomic E-state index is -3.66. The molecule has 0 fully saturated rings. The summed E-state index contributed by atoms with van der Waals surface area (Å²) in [6, 6.07) is 3.56. The molecule has 11 heteroatoms. The summed E-state index contributed by atoms with van der Waals surface area (Å²) in [6.45, 7) is 9.38. The number of carbonyl (C=O) groups is 2. The number of halogens is 1. The summed E-state index contributed by atoms with van der Waals surface area (Å²) in [5, 5.41) is 0.595. The van der Waals surface area contributed by atoms with Crippen LogP contribution in [0.15, 0.2) is 18.2 Å². The molecule has 9 nitrogen and oxygen atoms in total. The molecule has 0 aliphatic carbocycles. The first kappa shape index (κ1) is 24.5. The van der Waals surface area contributed by atoms with Gasteiger partial charge in [0.1, 0.15) is 17.0 Å². The predicted molar refractivity (Wildman–Crippen MR) is 104 cm³/mol. The molecule has 0 spiro atoms. The number of anilines is 1. The van der Waals surface area contributed by atoms with Crippen LogP contribution in [0.1, 0.15) is 47.1 Å². The van der Waals surface area contributed by atoms with E-state index in [0.717, 1.165) is 12.3 Å². The van der Waals surface area contributed by atoms with Gasteiger partial charge in [-0.05, 0) is 59.2 Å². The molecule has 0 aromatic heterocycles. The first-order valence-electron chi connectivity index (χ1n) is 8.63. The maximum absolute atomic E-state index is 14.2. The monoisotopic (exact) mass is 434 g/mol. The van der Waals surface area contributed by atoms with Crippen LogP contribution in [-0.4, -0.2) is 43.2 Å². The minimum absolute atomic E-state index is 0.218. The van der Waals surface area contributed by atoms with Crippen LogP contribution < -0.4 is 4.72 Å². The number of ether oxygens (including phenoxy) is 2. The van der Waals surface area contributed by atoms with Gasteiger partial charge in [-0.25, -0.2) is 22.4 Å². The van der Waals surface area contributed by atoms with Crippen molar-refractivity contribution in [3.05, 3.63) is 29.6 Å². The first-order chi connectivity index (χ1) is 13.0. The number of hydroxylamine groups is 2. The van der Waals surface area contributed by atoms with E-state index in [1.54, 1.807) is 41.5 Å². The second-order valence-electron chi connectivity index (χ2n) is 8.26. The van der Waals surface area contributed by atoms with Crippen LogP contribution in [0.2, 0.25) is 0 Å². The van der Waals surface area contributed by atoms with Crippen molar-refractivity contribution in [1.29, 1.82) is 0 Å². The smallest absolute Gasteiger partial charge is 0.442 e. The fourth-order valence-corrected chi connectivity index (χ4v) is 2.48. The molecule has 0 saturated carbocycles. The second kappa shape index (κ2) is 8.85. The van der Waals surface area contributed by atoms with Crippen LogP contribution in [-0.2, 0) is 30.9 Å². The highest BCUT2D eigenvalue weighted by Crippen LogP contribution is 2.20. The Hall–Kier alpha value is -2.56. The molecule has 0 aliphatic heterocycles. The molecular formula is C18H27FN2O7S. The Kier molecular flexibility index (Phi) is 7.47. The summed E-state index contributed by atoms with van der Waals surface area (Å²) in [7, 11) is -3.66. The third-order valence-corrected chi connectivity index (χ3v) is 3.42. The van der Waals surface area contributed by atoms with Gasteiger partial charge >= 0.3 is 12.2 Å². The molecular weight excluding hydrogens is 407 g/mol. The van der Waals surface area contributed by atoms with Crippen molar-refractivity contribution in [3.8, 4) is 0 Å². The van der Waals surface area contributed by atoms with Crippen LogP contribution in [0, 0.1) is 5.82 Å². The third-order valence-electron chi connectivity index (χ3n) is 2.83. The first-order valence-corrected chi connectivity index (χ1v) is 10.5. The summed E-state index contributed by atoms with van der Waals surface area (Å²) in [6.07, 6.45) is -1.24. The molecule has 0 heterocycles. The van der Waals surface area contributed by atoms with E-state index in [1.165, 1.54) is 12.1 Å². The Morgan fingerprint density at radius 1 is 1.07 bits per heavy atom. The highest BCUT2D eigenvalue weighted by molar-refractivity contribution is 7.92. The van der Waals surface area contributed by atoms with Gasteiger partial charge in [0.25, 0.3) is 0 Å². The lowest BCUT2D eigenvalue weighted by molar-refractivity contribution is -0.140. The van der Waals surface area contributed by atoms with E-state index < -0.39 is 39.3 Å². The second-order valence-corrected chi connectivity index (χ2v) is 10.0. The number of benzene rings is 1. The van der Waals surface area contributed by atoms with Crippen LogP contribution in [0.25, 0.3) is 0 Å². The Bertz CT molecular complexity index is 858. The van der Waals surface area contributed by atoms with Crippen LogP contribution in [0.4, 0.5) is 19.7 Å². The highest BCUT2D eigenvalue weighted by Gasteiger charge is 2.28. The molecule has 1 N–H and O–H groups in total. The van der Waals surface area contributed by atoms with E-state index in [1.807, 2.05) is 4.72 Å². The molecule has 29 heavy (non-hydrogen) atoms. The Balaban J connectivity index is 3.05. The standard InChI is InChI=1S/C18H27FN2O7S/c1-17(2,3)26-15(22)21(28-16(23)27-18(4,5)6)11-12-8-9-14(13(19)10-12)20-29(7,24)25/h8-10,20H,11H2,1-7H3. The van der Waals surface area contributed by atoms with Gasteiger partial charge in [0.15, 0.2) is 0 Å². The molecule has 164 valence electrons. The molecule has 0 saturated heterocycles. The Morgan fingerprint density at radius 3 is 2.07 bits per heavy atom. The largest absolute Gasteiger partial charge is 0.534 e. The topological polar surface area (TPSA) is 111 Å². The summed E-state index contributed by atoms with van der Waals surface area (Å²) in [4.78, 5) is 29.3. The number of nitrogens with zero attached hydrogens (tertiary/aromatic N) is 1. The zero-order valence-corrected chi connectivity index (χ0v) is 18.3. The number of amides is 1. The van der Waals surface area contributed by atoms with Gasteiger partial charge in [0.2, 0.25) is 10.0 Å². The number of carbonyl (C=O) groups excluding carboxylic acids is 2. The molecule has 1 rings (SSSR count). The lowest BCUT2D eigenvalue weighted by atomic mass is 10.2. The van der Waals surface area contributed by atoms with Crippen molar-refractivity contribution in [2.75, 3.05) is 11.0 Å². The number of nitrogens with one attached hydrogen (secondary N) is 1. The van der Waals surface area contributed by atoms with E-state index >= 15 is 0 Å².